The van der Waals surface area contributed by atoms with Gasteiger partial charge in [0.05, 0.1) is 6.10 Å². The van der Waals surface area contributed by atoms with Crippen LogP contribution in [0.1, 0.15) is 13.8 Å². The smallest absolute Gasteiger partial charge is 0.218 e. The molecule has 0 amide bonds. The molecule has 0 aliphatic heterocycles. The molecule has 0 unspecified atom stereocenters. The van der Waals surface area contributed by atoms with Gasteiger partial charge >= 0.3 is 0 Å². The second kappa shape index (κ2) is 7.03. The van der Waals surface area contributed by atoms with E-state index in [1.807, 2.05) is 24.8 Å². The lowest BCUT2D eigenvalue weighted by Gasteiger charge is -2.22. The van der Waals surface area contributed by atoms with E-state index in [1.54, 1.807) is 0 Å². The first-order valence-corrected chi connectivity index (χ1v) is 5.81. The summed E-state index contributed by atoms with van der Waals surface area (Å²) in [7, 11) is 0. The number of rotatable bonds is 7. The molecule has 0 aliphatic rings. The molecule has 1 heterocycles. The Morgan fingerprint density at radius 1 is 1.24 bits per heavy atom. The summed E-state index contributed by atoms with van der Waals surface area (Å²) in [5, 5.41) is 0. The molecule has 0 spiro atoms. The Morgan fingerprint density at radius 2 is 1.88 bits per heavy atom. The largest absolute Gasteiger partial charge is 0.475 e. The van der Waals surface area contributed by atoms with Gasteiger partial charge in [-0.25, -0.2) is 9.97 Å². The number of hydrogen-bond acceptors (Lipinski definition) is 6. The van der Waals surface area contributed by atoms with Crippen LogP contribution in [0.5, 0.6) is 5.88 Å². The van der Waals surface area contributed by atoms with Gasteiger partial charge in [-0.3, -0.25) is 0 Å². The number of ether oxygens (including phenoxy) is 1. The van der Waals surface area contributed by atoms with Crippen molar-refractivity contribution in [2.24, 2.45) is 11.5 Å². The van der Waals surface area contributed by atoms with E-state index in [0.717, 1.165) is 18.9 Å². The van der Waals surface area contributed by atoms with Crippen molar-refractivity contribution in [1.29, 1.82) is 0 Å². The van der Waals surface area contributed by atoms with Crippen molar-refractivity contribution in [1.82, 2.24) is 9.97 Å². The molecule has 0 saturated carbocycles. The number of aromatic nitrogens is 2. The van der Waals surface area contributed by atoms with Crippen LogP contribution in [0.3, 0.4) is 0 Å². The molecule has 17 heavy (non-hydrogen) atoms. The van der Waals surface area contributed by atoms with Crippen LogP contribution in [0, 0.1) is 0 Å². The topological polar surface area (TPSA) is 90.3 Å². The quantitative estimate of drug-likeness (QED) is 0.695. The summed E-state index contributed by atoms with van der Waals surface area (Å²) in [5.41, 5.74) is 11.1. The number of hydrogen-bond donors (Lipinski definition) is 2. The van der Waals surface area contributed by atoms with E-state index in [0.29, 0.717) is 19.0 Å². The Labute approximate surface area is 102 Å². The minimum absolute atomic E-state index is 0.0928. The fraction of sp³-hybridized carbons (Fsp3) is 0.636. The second-order valence-electron chi connectivity index (χ2n) is 3.95. The van der Waals surface area contributed by atoms with Crippen LogP contribution in [-0.4, -0.2) is 42.3 Å². The highest BCUT2D eigenvalue weighted by Crippen LogP contribution is 2.16. The summed E-state index contributed by atoms with van der Waals surface area (Å²) in [4.78, 5) is 10.3. The maximum atomic E-state index is 5.56. The standard InChI is InChI=1S/C11H21N5O/c1-9(2)17-11-7-10(14-8-15-11)16(5-3-12)6-4-13/h7-9H,3-6,12-13H2,1-2H3. The SMILES string of the molecule is CC(C)Oc1cc(N(CCN)CCN)ncn1. The Hall–Kier alpha value is -1.40. The molecule has 1 aromatic heterocycles. The first kappa shape index (κ1) is 13.7. The lowest BCUT2D eigenvalue weighted by Crippen LogP contribution is -2.34. The van der Waals surface area contributed by atoms with Gasteiger partial charge in [-0.2, -0.15) is 0 Å². The number of nitrogens with two attached hydrogens (primary N) is 2. The zero-order valence-electron chi connectivity index (χ0n) is 10.5. The first-order valence-electron chi connectivity index (χ1n) is 5.81. The van der Waals surface area contributed by atoms with Crippen LogP contribution in [0.2, 0.25) is 0 Å². The monoisotopic (exact) mass is 239 g/mol. The highest BCUT2D eigenvalue weighted by Gasteiger charge is 2.08. The molecule has 0 aromatic carbocycles. The van der Waals surface area contributed by atoms with Gasteiger partial charge in [0.15, 0.2) is 0 Å². The average molecular weight is 239 g/mol. The van der Waals surface area contributed by atoms with Crippen molar-refractivity contribution in [2.75, 3.05) is 31.1 Å². The third kappa shape index (κ3) is 4.54. The van der Waals surface area contributed by atoms with Crippen LogP contribution in [0.4, 0.5) is 5.82 Å². The number of nitrogens with zero attached hydrogens (tertiary/aromatic N) is 3. The van der Waals surface area contributed by atoms with E-state index < -0.39 is 0 Å². The van der Waals surface area contributed by atoms with Gasteiger partial charge in [-0.1, -0.05) is 0 Å². The zero-order valence-corrected chi connectivity index (χ0v) is 10.5. The molecule has 1 rings (SSSR count). The molecule has 4 N–H and O–H groups in total. The van der Waals surface area contributed by atoms with Crippen LogP contribution >= 0.6 is 0 Å². The van der Waals surface area contributed by atoms with Crippen LogP contribution in [-0.2, 0) is 0 Å². The van der Waals surface area contributed by atoms with Crippen molar-refractivity contribution in [2.45, 2.75) is 20.0 Å². The van der Waals surface area contributed by atoms with E-state index in [-0.39, 0.29) is 6.10 Å². The Balaban J connectivity index is 2.79. The van der Waals surface area contributed by atoms with Gasteiger partial charge < -0.3 is 21.1 Å². The zero-order chi connectivity index (χ0) is 12.7. The predicted octanol–water partition coefficient (Wildman–Crippen LogP) is -0.0124. The van der Waals surface area contributed by atoms with Gasteiger partial charge in [0.25, 0.3) is 0 Å². The second-order valence-corrected chi connectivity index (χ2v) is 3.95. The Bertz CT molecular complexity index is 325. The summed E-state index contributed by atoms with van der Waals surface area (Å²) in [5.74, 6) is 1.37. The molecule has 0 saturated heterocycles. The summed E-state index contributed by atoms with van der Waals surface area (Å²) < 4.78 is 5.52. The summed E-state index contributed by atoms with van der Waals surface area (Å²) in [6.07, 6.45) is 1.59. The van der Waals surface area contributed by atoms with Crippen LogP contribution in [0.25, 0.3) is 0 Å². The maximum Gasteiger partial charge on any atom is 0.218 e. The van der Waals surface area contributed by atoms with Crippen LogP contribution in [0.15, 0.2) is 12.4 Å². The van der Waals surface area contributed by atoms with E-state index in [2.05, 4.69) is 9.97 Å². The fourth-order valence-electron chi connectivity index (χ4n) is 1.46. The molecular weight excluding hydrogens is 218 g/mol. The van der Waals surface area contributed by atoms with Crippen molar-refractivity contribution in [3.63, 3.8) is 0 Å². The summed E-state index contributed by atoms with van der Waals surface area (Å²) in [6.45, 7) is 6.47. The van der Waals surface area contributed by atoms with Gasteiger partial charge in [0.2, 0.25) is 5.88 Å². The highest BCUT2D eigenvalue weighted by molar-refractivity contribution is 5.40. The normalized spacial score (nSPS) is 10.6. The lowest BCUT2D eigenvalue weighted by molar-refractivity contribution is 0.232. The molecular formula is C11H21N5O. The van der Waals surface area contributed by atoms with Crippen molar-refractivity contribution >= 4 is 5.82 Å². The molecule has 0 radical (unpaired) electrons. The molecule has 0 fully saturated rings. The highest BCUT2D eigenvalue weighted by atomic mass is 16.5. The molecule has 6 nitrogen and oxygen atoms in total. The van der Waals surface area contributed by atoms with Crippen molar-refractivity contribution in [3.05, 3.63) is 12.4 Å². The minimum atomic E-state index is 0.0928. The molecule has 96 valence electrons. The summed E-state index contributed by atoms with van der Waals surface area (Å²) in [6, 6.07) is 1.81. The maximum absolute atomic E-state index is 5.56. The van der Waals surface area contributed by atoms with E-state index >= 15 is 0 Å². The van der Waals surface area contributed by atoms with E-state index in [4.69, 9.17) is 16.2 Å². The number of anilines is 1. The molecule has 6 heteroatoms. The Morgan fingerprint density at radius 3 is 2.41 bits per heavy atom. The van der Waals surface area contributed by atoms with Gasteiger partial charge in [0.1, 0.15) is 12.1 Å². The van der Waals surface area contributed by atoms with E-state index in [1.165, 1.54) is 6.33 Å². The Kier molecular flexibility index (Phi) is 5.65. The minimum Gasteiger partial charge on any atom is -0.475 e. The average Bonchev–Trinajstić information content (AvgIpc) is 2.28. The van der Waals surface area contributed by atoms with E-state index in [9.17, 15) is 0 Å². The summed E-state index contributed by atoms with van der Waals surface area (Å²) >= 11 is 0. The molecule has 0 aliphatic carbocycles. The molecule has 1 aromatic rings. The van der Waals surface area contributed by atoms with Gasteiger partial charge in [-0.05, 0) is 13.8 Å². The lowest BCUT2D eigenvalue weighted by atomic mass is 10.4. The van der Waals surface area contributed by atoms with Gasteiger partial charge in [-0.15, -0.1) is 0 Å². The third-order valence-electron chi connectivity index (χ3n) is 2.11. The first-order chi connectivity index (χ1) is 8.17. The van der Waals surface area contributed by atoms with Crippen molar-refractivity contribution < 1.29 is 4.74 Å². The molecule has 0 atom stereocenters. The predicted molar refractivity (Wildman–Crippen MR) is 68.1 cm³/mol. The molecule has 0 bridgehead atoms. The van der Waals surface area contributed by atoms with Crippen molar-refractivity contribution in [3.8, 4) is 5.88 Å². The van der Waals surface area contributed by atoms with Gasteiger partial charge in [0, 0.05) is 32.2 Å². The van der Waals surface area contributed by atoms with Crippen LogP contribution < -0.4 is 21.1 Å². The third-order valence-corrected chi connectivity index (χ3v) is 2.11. The fourth-order valence-corrected chi connectivity index (χ4v) is 1.46.